The van der Waals surface area contributed by atoms with E-state index in [1.165, 1.54) is 0 Å². The van der Waals surface area contributed by atoms with E-state index in [0.717, 1.165) is 0 Å². The number of carbonyl (C=O) groups is 2. The van der Waals surface area contributed by atoms with Crippen LogP contribution in [0.2, 0.25) is 5.02 Å². The molecule has 1 saturated carbocycles. The number of amides is 1. The minimum atomic E-state index is -1.32. The molecule has 0 heterocycles. The van der Waals surface area contributed by atoms with Crippen LogP contribution in [0.15, 0.2) is 18.2 Å². The van der Waals surface area contributed by atoms with Crippen molar-refractivity contribution in [3.05, 3.63) is 23.2 Å². The first-order valence-electron chi connectivity index (χ1n) is 8.91. The van der Waals surface area contributed by atoms with Gasteiger partial charge in [0.25, 0.3) is 0 Å². The maximum absolute atomic E-state index is 12.4. The number of rotatable bonds is 9. The Morgan fingerprint density at radius 1 is 1.37 bits per heavy atom. The predicted molar refractivity (Wildman–Crippen MR) is 103 cm³/mol. The lowest BCUT2D eigenvalue weighted by atomic mass is 9.54. The zero-order valence-electron chi connectivity index (χ0n) is 16.1. The van der Waals surface area contributed by atoms with Crippen molar-refractivity contribution in [1.29, 1.82) is 0 Å². The van der Waals surface area contributed by atoms with Crippen LogP contribution in [0.3, 0.4) is 0 Å². The third-order valence-corrected chi connectivity index (χ3v) is 5.55. The molecule has 0 saturated heterocycles. The molecule has 2 unspecified atom stereocenters. The summed E-state index contributed by atoms with van der Waals surface area (Å²) in [4.78, 5) is 24.3. The average Bonchev–Trinajstić information content (AvgIpc) is 2.60. The molecule has 27 heavy (non-hydrogen) atoms. The largest absolute Gasteiger partial charge is 0.495 e. The summed E-state index contributed by atoms with van der Waals surface area (Å²) in [6, 6.07) is 5.15. The van der Waals surface area contributed by atoms with Crippen LogP contribution in [0.5, 0.6) is 5.75 Å². The van der Waals surface area contributed by atoms with Gasteiger partial charge in [0, 0.05) is 36.4 Å². The number of nitrogens with one attached hydrogen (secondary N) is 2. The van der Waals surface area contributed by atoms with Gasteiger partial charge in [0.1, 0.15) is 11.3 Å². The summed E-state index contributed by atoms with van der Waals surface area (Å²) < 4.78 is 10.8. The Hall–Kier alpha value is -1.99. The van der Waals surface area contributed by atoms with E-state index in [2.05, 4.69) is 10.6 Å². The number of anilines is 1. The van der Waals surface area contributed by atoms with E-state index in [-0.39, 0.29) is 24.9 Å². The zero-order valence-corrected chi connectivity index (χ0v) is 16.9. The fourth-order valence-corrected chi connectivity index (χ4v) is 3.64. The van der Waals surface area contributed by atoms with Crippen LogP contribution < -0.4 is 15.4 Å². The van der Waals surface area contributed by atoms with E-state index in [0.29, 0.717) is 29.6 Å². The second-order valence-electron chi connectivity index (χ2n) is 7.15. The Morgan fingerprint density at radius 2 is 2.07 bits per heavy atom. The molecule has 3 N–H and O–H groups in total. The van der Waals surface area contributed by atoms with Gasteiger partial charge in [-0.3, -0.25) is 4.79 Å². The molecule has 0 aromatic heterocycles. The Morgan fingerprint density at radius 3 is 2.63 bits per heavy atom. The molecule has 2 rings (SSSR count). The van der Waals surface area contributed by atoms with Crippen molar-refractivity contribution in [2.24, 2.45) is 5.41 Å². The van der Waals surface area contributed by atoms with Gasteiger partial charge in [-0.25, -0.2) is 4.79 Å². The number of hydrogen-bond donors (Lipinski definition) is 3. The monoisotopic (exact) mass is 398 g/mol. The summed E-state index contributed by atoms with van der Waals surface area (Å²) in [5, 5.41) is 16.1. The highest BCUT2D eigenvalue weighted by Gasteiger charge is 2.66. The van der Waals surface area contributed by atoms with E-state index in [1.807, 2.05) is 6.92 Å². The van der Waals surface area contributed by atoms with Gasteiger partial charge in [-0.05, 0) is 25.1 Å². The molecule has 1 aromatic carbocycles. The van der Waals surface area contributed by atoms with Gasteiger partial charge in [-0.15, -0.1) is 0 Å². The van der Waals surface area contributed by atoms with E-state index in [9.17, 15) is 14.7 Å². The highest BCUT2D eigenvalue weighted by atomic mass is 35.5. The van der Waals surface area contributed by atoms with Crippen LogP contribution in [0.1, 0.15) is 33.6 Å². The standard InChI is InChI=1S/C19H27ClN2O5/c1-5-27-15-11-19(17(24)25,18(15,2)3)22-16(23)8-9-21-13-10-12(20)6-7-14(13)26-4/h6-7,10,15,21H,5,8-9,11H2,1-4H3,(H,22,23)(H,24,25). The summed E-state index contributed by atoms with van der Waals surface area (Å²) in [5.74, 6) is -0.767. The van der Waals surface area contributed by atoms with Gasteiger partial charge < -0.3 is 25.2 Å². The third-order valence-electron chi connectivity index (χ3n) is 5.31. The molecule has 1 aromatic rings. The molecule has 1 aliphatic rings. The average molecular weight is 399 g/mol. The van der Waals surface area contributed by atoms with E-state index >= 15 is 0 Å². The van der Waals surface area contributed by atoms with Crippen molar-refractivity contribution in [3.63, 3.8) is 0 Å². The molecule has 0 aliphatic heterocycles. The van der Waals surface area contributed by atoms with Gasteiger partial charge >= 0.3 is 5.97 Å². The fourth-order valence-electron chi connectivity index (χ4n) is 3.47. The van der Waals surface area contributed by atoms with Crippen LogP contribution in [0.25, 0.3) is 0 Å². The smallest absolute Gasteiger partial charge is 0.330 e. The summed E-state index contributed by atoms with van der Waals surface area (Å²) in [6.45, 7) is 6.29. The summed E-state index contributed by atoms with van der Waals surface area (Å²) in [7, 11) is 1.55. The SMILES string of the molecule is CCOC1CC(NC(=O)CCNc2cc(Cl)ccc2OC)(C(=O)O)C1(C)C. The van der Waals surface area contributed by atoms with Crippen molar-refractivity contribution in [2.45, 2.75) is 45.3 Å². The number of benzene rings is 1. The van der Waals surface area contributed by atoms with E-state index in [1.54, 1.807) is 39.2 Å². The minimum Gasteiger partial charge on any atom is -0.495 e. The lowest BCUT2D eigenvalue weighted by Crippen LogP contribution is -2.76. The van der Waals surface area contributed by atoms with Gasteiger partial charge in [-0.1, -0.05) is 25.4 Å². The topological polar surface area (TPSA) is 96.9 Å². The van der Waals surface area contributed by atoms with Crippen molar-refractivity contribution in [2.75, 3.05) is 25.6 Å². The number of carboxylic acid groups (broad SMARTS) is 1. The van der Waals surface area contributed by atoms with E-state index in [4.69, 9.17) is 21.1 Å². The first-order valence-corrected chi connectivity index (χ1v) is 9.29. The molecule has 0 bridgehead atoms. The molecule has 7 nitrogen and oxygen atoms in total. The number of carboxylic acids is 1. The molecular weight excluding hydrogens is 372 g/mol. The minimum absolute atomic E-state index is 0.111. The van der Waals surface area contributed by atoms with Crippen LogP contribution >= 0.6 is 11.6 Å². The summed E-state index contributed by atoms with van der Waals surface area (Å²) >= 11 is 5.98. The molecule has 0 radical (unpaired) electrons. The molecule has 8 heteroatoms. The Bertz CT molecular complexity index is 709. The van der Waals surface area contributed by atoms with Crippen molar-refractivity contribution < 1.29 is 24.2 Å². The molecule has 1 amide bonds. The fraction of sp³-hybridized carbons (Fsp3) is 0.579. The highest BCUT2D eigenvalue weighted by Crippen LogP contribution is 2.51. The maximum Gasteiger partial charge on any atom is 0.330 e. The Balaban J connectivity index is 1.96. The molecular formula is C19H27ClN2O5. The maximum atomic E-state index is 12.4. The lowest BCUT2D eigenvalue weighted by Gasteiger charge is -2.58. The summed E-state index contributed by atoms with van der Waals surface area (Å²) in [5.41, 5.74) is -1.35. The Kier molecular flexibility index (Phi) is 6.59. The van der Waals surface area contributed by atoms with Crippen LogP contribution in [-0.2, 0) is 14.3 Å². The van der Waals surface area contributed by atoms with Crippen molar-refractivity contribution in [1.82, 2.24) is 5.32 Å². The number of methoxy groups -OCH3 is 1. The molecule has 2 atom stereocenters. The second-order valence-corrected chi connectivity index (χ2v) is 7.59. The first kappa shape index (κ1) is 21.3. The number of halogens is 1. The summed E-state index contributed by atoms with van der Waals surface area (Å²) in [6.07, 6.45) is 0.164. The molecule has 150 valence electrons. The quantitative estimate of drug-likeness (QED) is 0.591. The molecule has 1 aliphatic carbocycles. The number of carbonyl (C=O) groups excluding carboxylic acids is 1. The molecule has 1 fully saturated rings. The predicted octanol–water partition coefficient (Wildman–Crippen LogP) is 2.93. The highest BCUT2D eigenvalue weighted by molar-refractivity contribution is 6.30. The normalized spacial score (nSPS) is 23.2. The van der Waals surface area contributed by atoms with Crippen LogP contribution in [0, 0.1) is 5.41 Å². The number of aliphatic carboxylic acids is 1. The van der Waals surface area contributed by atoms with Crippen molar-refractivity contribution in [3.8, 4) is 5.75 Å². The zero-order chi connectivity index (χ0) is 20.2. The third kappa shape index (κ3) is 4.14. The van der Waals surface area contributed by atoms with Crippen LogP contribution in [-0.4, -0.2) is 48.9 Å². The van der Waals surface area contributed by atoms with Gasteiger partial charge in [-0.2, -0.15) is 0 Å². The molecule has 0 spiro atoms. The van der Waals surface area contributed by atoms with Gasteiger partial charge in [0.15, 0.2) is 0 Å². The van der Waals surface area contributed by atoms with Gasteiger partial charge in [0.2, 0.25) is 5.91 Å². The Labute approximate surface area is 164 Å². The van der Waals surface area contributed by atoms with E-state index < -0.39 is 16.9 Å². The lowest BCUT2D eigenvalue weighted by molar-refractivity contribution is -0.194. The first-order chi connectivity index (χ1) is 12.7. The number of hydrogen-bond acceptors (Lipinski definition) is 5. The second kappa shape index (κ2) is 8.35. The number of ether oxygens (including phenoxy) is 2. The van der Waals surface area contributed by atoms with Crippen molar-refractivity contribution >= 4 is 29.2 Å². The van der Waals surface area contributed by atoms with Gasteiger partial charge in [0.05, 0.1) is 18.9 Å². The van der Waals surface area contributed by atoms with Crippen LogP contribution in [0.4, 0.5) is 5.69 Å².